The van der Waals surface area contributed by atoms with Crippen molar-refractivity contribution in [3.8, 4) is 6.07 Å². The Kier molecular flexibility index (Phi) is 2.66. The lowest BCUT2D eigenvalue weighted by Crippen LogP contribution is -1.96. The number of nitriles is 1. The van der Waals surface area contributed by atoms with Crippen LogP contribution in [0.2, 0.25) is 0 Å². The molecule has 1 aliphatic carbocycles. The van der Waals surface area contributed by atoms with Gasteiger partial charge in [-0.05, 0) is 28.3 Å². The highest BCUT2D eigenvalue weighted by Crippen LogP contribution is 2.39. The van der Waals surface area contributed by atoms with Crippen LogP contribution in [-0.4, -0.2) is 0 Å². The Morgan fingerprint density at radius 1 is 0.944 bits per heavy atom. The summed E-state index contributed by atoms with van der Waals surface area (Å²) in [6.07, 6.45) is 1.91. The summed E-state index contributed by atoms with van der Waals surface area (Å²) in [5.41, 5.74) is 4.66. The first kappa shape index (κ1) is 11.1. The van der Waals surface area contributed by atoms with E-state index in [1.54, 1.807) is 0 Å². The van der Waals surface area contributed by atoms with E-state index in [9.17, 15) is 5.26 Å². The Hall–Kier alpha value is -2.04. The van der Waals surface area contributed by atoms with Gasteiger partial charge in [0, 0.05) is 0 Å². The highest BCUT2D eigenvalue weighted by atomic mass is 35.5. The van der Waals surface area contributed by atoms with Crippen LogP contribution in [0.5, 0.6) is 0 Å². The van der Waals surface area contributed by atoms with Crippen molar-refractivity contribution < 1.29 is 0 Å². The largest absolute Gasteiger partial charge is 0.192 e. The van der Waals surface area contributed by atoms with Crippen molar-refractivity contribution in [2.75, 3.05) is 0 Å². The smallest absolute Gasteiger partial charge is 0.0998 e. The standard InChI is InChI=1S/C16H10ClN/c17-16-14-7-2-1-5-11(14)9-12(10-18)13-6-3-4-8-15(13)16/h1-9,16H/t16-/m1/s1. The molecule has 1 atom stereocenters. The molecule has 2 aromatic rings. The van der Waals surface area contributed by atoms with Crippen molar-refractivity contribution >= 4 is 23.3 Å². The maximum absolute atomic E-state index is 9.31. The van der Waals surface area contributed by atoms with Crippen molar-refractivity contribution in [2.24, 2.45) is 0 Å². The fourth-order valence-corrected chi connectivity index (χ4v) is 2.72. The van der Waals surface area contributed by atoms with Gasteiger partial charge in [0.05, 0.1) is 17.0 Å². The molecule has 0 fully saturated rings. The van der Waals surface area contributed by atoms with Gasteiger partial charge in [0.1, 0.15) is 0 Å². The maximum Gasteiger partial charge on any atom is 0.0998 e. The molecule has 0 aliphatic heterocycles. The van der Waals surface area contributed by atoms with Crippen molar-refractivity contribution in [1.82, 2.24) is 0 Å². The molecule has 0 amide bonds. The Morgan fingerprint density at radius 2 is 1.61 bits per heavy atom. The molecule has 0 unspecified atom stereocenters. The number of alkyl halides is 1. The van der Waals surface area contributed by atoms with Gasteiger partial charge in [-0.2, -0.15) is 5.26 Å². The van der Waals surface area contributed by atoms with Crippen LogP contribution in [0, 0.1) is 11.3 Å². The molecule has 0 bridgehead atoms. The van der Waals surface area contributed by atoms with E-state index in [0.717, 1.165) is 22.3 Å². The third-order valence-corrected chi connectivity index (χ3v) is 3.68. The molecule has 0 radical (unpaired) electrons. The summed E-state index contributed by atoms with van der Waals surface area (Å²) in [5.74, 6) is 0. The Morgan fingerprint density at radius 3 is 2.39 bits per heavy atom. The van der Waals surface area contributed by atoms with Gasteiger partial charge in [-0.25, -0.2) is 0 Å². The fraction of sp³-hybridized carbons (Fsp3) is 0.0625. The average Bonchev–Trinajstić information content (AvgIpc) is 2.55. The van der Waals surface area contributed by atoms with E-state index >= 15 is 0 Å². The first-order valence-electron chi connectivity index (χ1n) is 5.75. The van der Waals surface area contributed by atoms with Crippen molar-refractivity contribution in [2.45, 2.75) is 5.38 Å². The highest BCUT2D eigenvalue weighted by molar-refractivity contribution is 6.23. The minimum atomic E-state index is -0.209. The zero-order valence-electron chi connectivity index (χ0n) is 9.60. The van der Waals surface area contributed by atoms with Gasteiger partial charge >= 0.3 is 0 Å². The predicted octanol–water partition coefficient (Wildman–Crippen LogP) is 4.39. The second-order valence-electron chi connectivity index (χ2n) is 4.25. The van der Waals surface area contributed by atoms with E-state index in [1.807, 2.05) is 54.6 Å². The fourth-order valence-electron chi connectivity index (χ4n) is 2.33. The molecule has 1 aliphatic rings. The van der Waals surface area contributed by atoms with Crippen molar-refractivity contribution in [3.63, 3.8) is 0 Å². The average molecular weight is 252 g/mol. The van der Waals surface area contributed by atoms with E-state index in [4.69, 9.17) is 11.6 Å². The number of rotatable bonds is 0. The summed E-state index contributed by atoms with van der Waals surface area (Å²) in [5, 5.41) is 9.10. The summed E-state index contributed by atoms with van der Waals surface area (Å²) in [6, 6.07) is 18.0. The first-order valence-corrected chi connectivity index (χ1v) is 6.19. The number of halogens is 1. The zero-order chi connectivity index (χ0) is 12.5. The Balaban J connectivity index is 2.35. The van der Waals surface area contributed by atoms with Crippen LogP contribution in [0.3, 0.4) is 0 Å². The van der Waals surface area contributed by atoms with E-state index < -0.39 is 0 Å². The second kappa shape index (κ2) is 4.33. The van der Waals surface area contributed by atoms with Gasteiger partial charge in [-0.3, -0.25) is 0 Å². The number of allylic oxidation sites excluding steroid dienone is 1. The van der Waals surface area contributed by atoms with Gasteiger partial charge in [0.2, 0.25) is 0 Å². The molecule has 0 heterocycles. The molecule has 0 saturated carbocycles. The number of hydrogen-bond acceptors (Lipinski definition) is 1. The van der Waals surface area contributed by atoms with Gasteiger partial charge in [0.15, 0.2) is 0 Å². The third-order valence-electron chi connectivity index (χ3n) is 3.21. The lowest BCUT2D eigenvalue weighted by Gasteiger charge is -2.13. The van der Waals surface area contributed by atoms with E-state index in [1.165, 1.54) is 0 Å². The summed E-state index contributed by atoms with van der Waals surface area (Å²) in [6.45, 7) is 0. The molecule has 0 spiro atoms. The van der Waals surface area contributed by atoms with Crippen LogP contribution in [0.4, 0.5) is 0 Å². The monoisotopic (exact) mass is 251 g/mol. The molecule has 2 aromatic carbocycles. The van der Waals surface area contributed by atoms with Crippen LogP contribution >= 0.6 is 11.6 Å². The molecule has 2 heteroatoms. The molecule has 0 N–H and O–H groups in total. The Bertz CT molecular complexity index is 679. The molecule has 86 valence electrons. The van der Waals surface area contributed by atoms with E-state index in [-0.39, 0.29) is 5.38 Å². The van der Waals surface area contributed by atoms with Crippen molar-refractivity contribution in [1.29, 1.82) is 5.26 Å². The third kappa shape index (κ3) is 1.63. The topological polar surface area (TPSA) is 23.8 Å². The summed E-state index contributed by atoms with van der Waals surface area (Å²) >= 11 is 6.56. The van der Waals surface area contributed by atoms with Gasteiger partial charge in [0.25, 0.3) is 0 Å². The summed E-state index contributed by atoms with van der Waals surface area (Å²) in [4.78, 5) is 0. The normalized spacial score (nSPS) is 16.9. The molecular formula is C16H10ClN. The zero-order valence-corrected chi connectivity index (χ0v) is 10.4. The van der Waals surface area contributed by atoms with Gasteiger partial charge in [-0.15, -0.1) is 11.6 Å². The van der Waals surface area contributed by atoms with Crippen LogP contribution in [0.15, 0.2) is 48.5 Å². The number of fused-ring (bicyclic) bond motifs is 2. The molecule has 0 saturated heterocycles. The highest BCUT2D eigenvalue weighted by Gasteiger charge is 2.21. The second-order valence-corrected chi connectivity index (χ2v) is 4.68. The van der Waals surface area contributed by atoms with Crippen LogP contribution < -0.4 is 0 Å². The first-order chi connectivity index (χ1) is 8.81. The van der Waals surface area contributed by atoms with E-state index in [2.05, 4.69) is 6.07 Å². The quantitative estimate of drug-likeness (QED) is 0.637. The maximum atomic E-state index is 9.31. The van der Waals surface area contributed by atoms with Gasteiger partial charge in [-0.1, -0.05) is 48.5 Å². The van der Waals surface area contributed by atoms with Crippen molar-refractivity contribution in [3.05, 3.63) is 70.8 Å². The lowest BCUT2D eigenvalue weighted by molar-refractivity contribution is 1.13. The summed E-state index contributed by atoms with van der Waals surface area (Å²) in [7, 11) is 0. The minimum Gasteiger partial charge on any atom is -0.192 e. The number of benzene rings is 2. The molecule has 0 aromatic heterocycles. The van der Waals surface area contributed by atoms with E-state index in [0.29, 0.717) is 5.57 Å². The summed E-state index contributed by atoms with van der Waals surface area (Å²) < 4.78 is 0. The van der Waals surface area contributed by atoms with Crippen LogP contribution in [0.25, 0.3) is 11.6 Å². The van der Waals surface area contributed by atoms with Crippen LogP contribution in [-0.2, 0) is 0 Å². The molecular weight excluding hydrogens is 242 g/mol. The number of hydrogen-bond donors (Lipinski definition) is 0. The molecule has 18 heavy (non-hydrogen) atoms. The SMILES string of the molecule is N#CC1=Cc2ccccc2[C@@H](Cl)c2ccccc21. The predicted molar refractivity (Wildman–Crippen MR) is 74.1 cm³/mol. The minimum absolute atomic E-state index is 0.209. The van der Waals surface area contributed by atoms with Crippen LogP contribution in [0.1, 0.15) is 27.6 Å². The Labute approximate surface area is 111 Å². The molecule has 3 rings (SSSR count). The molecule has 1 nitrogen and oxygen atoms in total. The lowest BCUT2D eigenvalue weighted by atomic mass is 9.98. The number of nitrogens with zero attached hydrogens (tertiary/aromatic N) is 1. The van der Waals surface area contributed by atoms with Gasteiger partial charge < -0.3 is 0 Å².